The van der Waals surface area contributed by atoms with Crippen molar-refractivity contribution >= 4 is 12.2 Å². The Morgan fingerprint density at radius 2 is 2.15 bits per heavy atom. The van der Waals surface area contributed by atoms with Crippen molar-refractivity contribution in [2.24, 2.45) is 0 Å². The molecular weight excluding hydrogens is 156 g/mol. The number of hydrogen-bond acceptors (Lipinski definition) is 0. The minimum atomic E-state index is 1.10. The van der Waals surface area contributed by atoms with E-state index in [2.05, 4.69) is 50.3 Å². The first-order valence-electron chi connectivity index (χ1n) is 4.70. The van der Waals surface area contributed by atoms with Crippen molar-refractivity contribution in [1.82, 2.24) is 0 Å². The van der Waals surface area contributed by atoms with E-state index in [1.165, 1.54) is 22.3 Å². The van der Waals surface area contributed by atoms with E-state index < -0.39 is 0 Å². The Hall–Kier alpha value is -1.30. The maximum atomic E-state index is 2.26. The molecule has 0 aromatic heterocycles. The van der Waals surface area contributed by atoms with E-state index >= 15 is 0 Å². The average molecular weight is 170 g/mol. The second-order valence-corrected chi connectivity index (χ2v) is 3.79. The summed E-state index contributed by atoms with van der Waals surface area (Å²) in [7, 11) is 0. The number of rotatable bonds is 1. The first kappa shape index (κ1) is 8.31. The Labute approximate surface area is 79.6 Å². The molecule has 0 fully saturated rings. The molecule has 2 rings (SSSR count). The standard InChI is InChI=1S/C13H14/c1-10(2)8-11-6-7-12-4-3-5-13(12)9-11/h3,5-9H,4H2,1-2H3. The predicted octanol–water partition coefficient (Wildman–Crippen LogP) is 3.68. The molecule has 0 spiro atoms. The summed E-state index contributed by atoms with van der Waals surface area (Å²) in [5, 5.41) is 0. The lowest BCUT2D eigenvalue weighted by molar-refractivity contribution is 1.31. The third kappa shape index (κ3) is 1.72. The molecule has 0 unspecified atom stereocenters. The highest BCUT2D eigenvalue weighted by atomic mass is 14.1. The summed E-state index contributed by atoms with van der Waals surface area (Å²) in [6, 6.07) is 6.68. The molecule has 1 aliphatic carbocycles. The molecule has 0 saturated heterocycles. The van der Waals surface area contributed by atoms with E-state index in [1.54, 1.807) is 0 Å². The van der Waals surface area contributed by atoms with Gasteiger partial charge in [0, 0.05) is 0 Å². The van der Waals surface area contributed by atoms with E-state index in [0.29, 0.717) is 0 Å². The zero-order valence-electron chi connectivity index (χ0n) is 8.17. The normalized spacial score (nSPS) is 12.8. The topological polar surface area (TPSA) is 0 Å². The zero-order chi connectivity index (χ0) is 9.26. The molecule has 66 valence electrons. The number of allylic oxidation sites excluding steroid dienone is 2. The van der Waals surface area contributed by atoms with Gasteiger partial charge in [-0.15, -0.1) is 0 Å². The Morgan fingerprint density at radius 3 is 2.92 bits per heavy atom. The molecule has 0 saturated carbocycles. The molecule has 0 nitrogen and oxygen atoms in total. The minimum Gasteiger partial charge on any atom is -0.0795 e. The molecule has 1 aromatic carbocycles. The zero-order valence-corrected chi connectivity index (χ0v) is 8.17. The Kier molecular flexibility index (Phi) is 2.05. The average Bonchev–Trinajstić information content (AvgIpc) is 2.49. The largest absolute Gasteiger partial charge is 0.0795 e. The van der Waals surface area contributed by atoms with Gasteiger partial charge in [0.2, 0.25) is 0 Å². The van der Waals surface area contributed by atoms with Gasteiger partial charge in [0.25, 0.3) is 0 Å². The molecule has 0 aliphatic heterocycles. The number of fused-ring (bicyclic) bond motifs is 1. The van der Waals surface area contributed by atoms with Gasteiger partial charge in [-0.25, -0.2) is 0 Å². The van der Waals surface area contributed by atoms with E-state index in [0.717, 1.165) is 6.42 Å². The van der Waals surface area contributed by atoms with E-state index in [9.17, 15) is 0 Å². The summed E-state index contributed by atoms with van der Waals surface area (Å²) in [5.41, 5.74) is 5.49. The fourth-order valence-electron chi connectivity index (χ4n) is 1.69. The SMILES string of the molecule is CC(C)=Cc1ccc2c(c1)C=CC2. The Balaban J connectivity index is 2.41. The summed E-state index contributed by atoms with van der Waals surface area (Å²) in [4.78, 5) is 0. The van der Waals surface area contributed by atoms with Crippen LogP contribution in [0.1, 0.15) is 30.5 Å². The highest BCUT2D eigenvalue weighted by Gasteiger charge is 2.03. The van der Waals surface area contributed by atoms with Gasteiger partial charge < -0.3 is 0 Å². The van der Waals surface area contributed by atoms with Gasteiger partial charge in [0.05, 0.1) is 0 Å². The second kappa shape index (κ2) is 3.21. The maximum Gasteiger partial charge on any atom is -0.00882 e. The summed E-state index contributed by atoms with van der Waals surface area (Å²) in [5.74, 6) is 0. The van der Waals surface area contributed by atoms with Gasteiger partial charge in [-0.3, -0.25) is 0 Å². The Bertz CT molecular complexity index is 377. The summed E-state index contributed by atoms with van der Waals surface area (Å²) >= 11 is 0. The van der Waals surface area contributed by atoms with Crippen molar-refractivity contribution in [2.75, 3.05) is 0 Å². The van der Waals surface area contributed by atoms with Crippen molar-refractivity contribution in [3.8, 4) is 0 Å². The lowest BCUT2D eigenvalue weighted by atomic mass is 10.0. The van der Waals surface area contributed by atoms with Crippen LogP contribution in [0, 0.1) is 0 Å². The summed E-state index contributed by atoms with van der Waals surface area (Å²) in [6.07, 6.45) is 7.74. The van der Waals surface area contributed by atoms with Crippen LogP contribution in [0.4, 0.5) is 0 Å². The molecule has 0 heteroatoms. The fraction of sp³-hybridized carbons (Fsp3) is 0.231. The monoisotopic (exact) mass is 170 g/mol. The molecular formula is C13H14. The van der Waals surface area contributed by atoms with E-state index in [-0.39, 0.29) is 0 Å². The number of hydrogen-bond donors (Lipinski definition) is 0. The molecule has 1 aliphatic rings. The van der Waals surface area contributed by atoms with Crippen LogP contribution in [-0.2, 0) is 6.42 Å². The van der Waals surface area contributed by atoms with Crippen LogP contribution in [0.2, 0.25) is 0 Å². The lowest BCUT2D eigenvalue weighted by Gasteiger charge is -2.00. The van der Waals surface area contributed by atoms with Crippen LogP contribution in [0.25, 0.3) is 12.2 Å². The third-order valence-electron chi connectivity index (χ3n) is 2.26. The molecule has 13 heavy (non-hydrogen) atoms. The van der Waals surface area contributed by atoms with Gasteiger partial charge >= 0.3 is 0 Å². The minimum absolute atomic E-state index is 1.10. The summed E-state index contributed by atoms with van der Waals surface area (Å²) in [6.45, 7) is 4.26. The van der Waals surface area contributed by atoms with Crippen LogP contribution in [-0.4, -0.2) is 0 Å². The first-order chi connectivity index (χ1) is 6.25. The van der Waals surface area contributed by atoms with Gasteiger partial charge in [0.1, 0.15) is 0 Å². The first-order valence-corrected chi connectivity index (χ1v) is 4.70. The van der Waals surface area contributed by atoms with Gasteiger partial charge in [0.15, 0.2) is 0 Å². The van der Waals surface area contributed by atoms with Crippen LogP contribution in [0.5, 0.6) is 0 Å². The fourth-order valence-corrected chi connectivity index (χ4v) is 1.69. The molecule has 0 bridgehead atoms. The lowest BCUT2D eigenvalue weighted by Crippen LogP contribution is -1.82. The highest BCUT2D eigenvalue weighted by Crippen LogP contribution is 2.21. The molecule has 0 atom stereocenters. The van der Waals surface area contributed by atoms with Crippen LogP contribution in [0.15, 0.2) is 29.8 Å². The maximum absolute atomic E-state index is 2.26. The predicted molar refractivity (Wildman–Crippen MR) is 58.5 cm³/mol. The second-order valence-electron chi connectivity index (χ2n) is 3.79. The van der Waals surface area contributed by atoms with E-state index in [4.69, 9.17) is 0 Å². The van der Waals surface area contributed by atoms with Crippen LogP contribution < -0.4 is 0 Å². The van der Waals surface area contributed by atoms with Crippen molar-refractivity contribution in [3.63, 3.8) is 0 Å². The molecule has 0 radical (unpaired) electrons. The van der Waals surface area contributed by atoms with E-state index in [1.807, 2.05) is 0 Å². The Morgan fingerprint density at radius 1 is 1.31 bits per heavy atom. The van der Waals surface area contributed by atoms with Crippen molar-refractivity contribution in [1.29, 1.82) is 0 Å². The smallest absolute Gasteiger partial charge is 0.00882 e. The van der Waals surface area contributed by atoms with Gasteiger partial charge in [-0.05, 0) is 43.0 Å². The van der Waals surface area contributed by atoms with Crippen LogP contribution in [0.3, 0.4) is 0 Å². The molecule has 0 heterocycles. The van der Waals surface area contributed by atoms with Crippen molar-refractivity contribution in [3.05, 3.63) is 46.5 Å². The van der Waals surface area contributed by atoms with Gasteiger partial charge in [-0.1, -0.05) is 35.9 Å². The summed E-state index contributed by atoms with van der Waals surface area (Å²) < 4.78 is 0. The molecule has 0 N–H and O–H groups in total. The number of benzene rings is 1. The van der Waals surface area contributed by atoms with Crippen molar-refractivity contribution in [2.45, 2.75) is 20.3 Å². The third-order valence-corrected chi connectivity index (χ3v) is 2.26. The van der Waals surface area contributed by atoms with Crippen LogP contribution >= 0.6 is 0 Å². The van der Waals surface area contributed by atoms with Crippen molar-refractivity contribution < 1.29 is 0 Å². The molecule has 1 aromatic rings. The molecule has 0 amide bonds. The quantitative estimate of drug-likeness (QED) is 0.603. The van der Waals surface area contributed by atoms with Gasteiger partial charge in [-0.2, -0.15) is 0 Å². The highest BCUT2D eigenvalue weighted by molar-refractivity contribution is 5.65.